The number of para-hydroxylation sites is 5. The molecule has 2 spiro atoms. The van der Waals surface area contributed by atoms with Gasteiger partial charge in [-0.3, -0.25) is 0 Å². The van der Waals surface area contributed by atoms with Crippen molar-refractivity contribution in [3.05, 3.63) is 269 Å². The standard InChI is InChI=1S/C62H37NO3/c1-4-19-45-40(16-1)43-36-38(32-34-47(43)61(45)49-21-6-11-27-55(49)65-56-28-12-7-22-50(56)61)63(53-25-15-31-59-60(53)42-18-3-10-26-54(42)64-59)39-33-35-48-44(37-39)41-17-2-5-20-46(41)62(48)51-23-8-13-29-57(51)66-58-30-14-9-24-52(58)62/h1-37H. The van der Waals surface area contributed by atoms with Crippen LogP contribution in [0.4, 0.5) is 17.1 Å². The summed E-state index contributed by atoms with van der Waals surface area (Å²) in [5, 5.41) is 2.15. The van der Waals surface area contributed by atoms with Gasteiger partial charge in [0.1, 0.15) is 34.2 Å². The molecular formula is C62H37NO3. The lowest BCUT2D eigenvalue weighted by Gasteiger charge is -2.39. The van der Waals surface area contributed by atoms with Crippen LogP contribution in [0.2, 0.25) is 0 Å². The minimum Gasteiger partial charge on any atom is -0.457 e. The quantitative estimate of drug-likeness (QED) is 0.177. The first-order chi connectivity index (χ1) is 32.7. The van der Waals surface area contributed by atoms with Gasteiger partial charge in [-0.2, -0.15) is 0 Å². The van der Waals surface area contributed by atoms with Gasteiger partial charge in [0.2, 0.25) is 0 Å². The molecule has 0 bridgehead atoms. The number of benzene rings is 10. The van der Waals surface area contributed by atoms with Crippen LogP contribution in [0.1, 0.15) is 44.5 Å². The molecule has 2 aliphatic carbocycles. The monoisotopic (exact) mass is 843 g/mol. The predicted molar refractivity (Wildman–Crippen MR) is 263 cm³/mol. The molecule has 0 saturated carbocycles. The van der Waals surface area contributed by atoms with Crippen molar-refractivity contribution >= 4 is 39.0 Å². The Morgan fingerprint density at radius 3 is 1.20 bits per heavy atom. The smallest absolute Gasteiger partial charge is 0.137 e. The lowest BCUT2D eigenvalue weighted by molar-refractivity contribution is 0.436. The number of anilines is 3. The molecule has 0 radical (unpaired) electrons. The highest BCUT2D eigenvalue weighted by Crippen LogP contribution is 2.65. The lowest BCUT2D eigenvalue weighted by Crippen LogP contribution is -2.32. The Bertz CT molecular complexity index is 3590. The van der Waals surface area contributed by atoms with E-state index in [1.54, 1.807) is 0 Å². The average molecular weight is 844 g/mol. The van der Waals surface area contributed by atoms with E-state index in [0.29, 0.717) is 0 Å². The van der Waals surface area contributed by atoms with Crippen LogP contribution >= 0.6 is 0 Å². The van der Waals surface area contributed by atoms with E-state index in [9.17, 15) is 0 Å². The summed E-state index contributed by atoms with van der Waals surface area (Å²) in [6.45, 7) is 0. The summed E-state index contributed by atoms with van der Waals surface area (Å²) in [5.41, 5.74) is 18.1. The molecule has 0 unspecified atom stereocenters. The zero-order chi connectivity index (χ0) is 43.1. The summed E-state index contributed by atoms with van der Waals surface area (Å²) in [6.07, 6.45) is 0. The number of furan rings is 1. The zero-order valence-electron chi connectivity index (χ0n) is 35.5. The lowest BCUT2D eigenvalue weighted by atomic mass is 9.66. The molecule has 15 rings (SSSR count). The van der Waals surface area contributed by atoms with E-state index in [1.807, 2.05) is 6.07 Å². The fourth-order valence-corrected chi connectivity index (χ4v) is 12.3. The molecule has 4 nitrogen and oxygen atoms in total. The van der Waals surface area contributed by atoms with Gasteiger partial charge in [0.25, 0.3) is 0 Å². The van der Waals surface area contributed by atoms with Crippen LogP contribution in [0, 0.1) is 0 Å². The minimum atomic E-state index is -0.566. The second-order valence-electron chi connectivity index (χ2n) is 17.8. The summed E-state index contributed by atoms with van der Waals surface area (Å²) in [5.74, 6) is 3.53. The third-order valence-electron chi connectivity index (χ3n) is 14.8. The first-order valence-corrected chi connectivity index (χ1v) is 22.7. The normalized spacial score (nSPS) is 14.5. The van der Waals surface area contributed by atoms with Crippen LogP contribution in [0.3, 0.4) is 0 Å². The van der Waals surface area contributed by atoms with E-state index >= 15 is 0 Å². The van der Waals surface area contributed by atoms with E-state index in [4.69, 9.17) is 13.9 Å². The van der Waals surface area contributed by atoms with Crippen LogP contribution < -0.4 is 14.4 Å². The summed E-state index contributed by atoms with van der Waals surface area (Å²) < 4.78 is 19.9. The maximum Gasteiger partial charge on any atom is 0.137 e. The van der Waals surface area contributed by atoms with Crippen LogP contribution in [-0.4, -0.2) is 0 Å². The molecular weight excluding hydrogens is 807 g/mol. The van der Waals surface area contributed by atoms with E-state index in [1.165, 1.54) is 44.5 Å². The molecule has 10 aromatic carbocycles. The van der Waals surface area contributed by atoms with E-state index in [2.05, 4.69) is 223 Å². The number of ether oxygens (including phenoxy) is 2. The summed E-state index contributed by atoms with van der Waals surface area (Å²) >= 11 is 0. The van der Waals surface area contributed by atoms with Gasteiger partial charge >= 0.3 is 0 Å². The third kappa shape index (κ3) is 4.43. The van der Waals surface area contributed by atoms with E-state index in [0.717, 1.165) is 84.3 Å². The number of nitrogens with zero attached hydrogens (tertiary/aromatic N) is 1. The number of fused-ring (bicyclic) bond motifs is 21. The van der Waals surface area contributed by atoms with Gasteiger partial charge in [0.05, 0.1) is 21.9 Å². The van der Waals surface area contributed by atoms with Crippen molar-refractivity contribution in [2.75, 3.05) is 4.90 Å². The molecule has 3 heterocycles. The Hall–Kier alpha value is -8.60. The summed E-state index contributed by atoms with van der Waals surface area (Å²) in [4.78, 5) is 2.45. The molecule has 0 N–H and O–H groups in total. The van der Waals surface area contributed by atoms with Gasteiger partial charge in [-0.05, 0) is 111 Å². The first-order valence-electron chi connectivity index (χ1n) is 22.7. The molecule has 0 fully saturated rings. The maximum atomic E-state index is 6.66. The van der Waals surface area contributed by atoms with Gasteiger partial charge in [0, 0.05) is 39.0 Å². The maximum absolute atomic E-state index is 6.66. The van der Waals surface area contributed by atoms with Crippen LogP contribution in [0.15, 0.2) is 229 Å². The second-order valence-corrected chi connectivity index (χ2v) is 17.8. The number of rotatable bonds is 3. The molecule has 0 saturated heterocycles. The molecule has 0 atom stereocenters. The minimum absolute atomic E-state index is 0.566. The molecule has 2 aliphatic heterocycles. The second kappa shape index (κ2) is 13.0. The Kier molecular flexibility index (Phi) is 7.05. The van der Waals surface area contributed by atoms with Crippen molar-refractivity contribution in [3.8, 4) is 45.3 Å². The highest BCUT2D eigenvalue weighted by atomic mass is 16.5. The van der Waals surface area contributed by atoms with E-state index in [-0.39, 0.29) is 0 Å². The van der Waals surface area contributed by atoms with Crippen molar-refractivity contribution in [1.29, 1.82) is 0 Å². The third-order valence-corrected chi connectivity index (χ3v) is 14.8. The molecule has 4 heteroatoms. The van der Waals surface area contributed by atoms with Crippen molar-refractivity contribution < 1.29 is 13.9 Å². The van der Waals surface area contributed by atoms with Crippen molar-refractivity contribution in [3.63, 3.8) is 0 Å². The van der Waals surface area contributed by atoms with Crippen molar-refractivity contribution in [1.82, 2.24) is 0 Å². The fraction of sp³-hybridized carbons (Fsp3) is 0.0323. The van der Waals surface area contributed by atoms with Crippen molar-refractivity contribution in [2.24, 2.45) is 0 Å². The summed E-state index contributed by atoms with van der Waals surface area (Å²) in [7, 11) is 0. The van der Waals surface area contributed by atoms with Gasteiger partial charge in [-0.1, -0.05) is 158 Å². The highest BCUT2D eigenvalue weighted by molar-refractivity contribution is 6.13. The van der Waals surface area contributed by atoms with Crippen LogP contribution in [-0.2, 0) is 10.8 Å². The van der Waals surface area contributed by atoms with E-state index < -0.39 is 10.8 Å². The molecule has 1 aromatic heterocycles. The Morgan fingerprint density at radius 2 is 0.697 bits per heavy atom. The Morgan fingerprint density at radius 1 is 0.303 bits per heavy atom. The number of hydrogen-bond donors (Lipinski definition) is 0. The molecule has 308 valence electrons. The molecule has 66 heavy (non-hydrogen) atoms. The van der Waals surface area contributed by atoms with Gasteiger partial charge in [-0.15, -0.1) is 0 Å². The summed E-state index contributed by atoms with van der Waals surface area (Å²) in [6, 6.07) is 81.1. The predicted octanol–water partition coefficient (Wildman–Crippen LogP) is 16.0. The zero-order valence-corrected chi connectivity index (χ0v) is 35.5. The van der Waals surface area contributed by atoms with Crippen LogP contribution in [0.5, 0.6) is 23.0 Å². The van der Waals surface area contributed by atoms with Crippen molar-refractivity contribution in [2.45, 2.75) is 10.8 Å². The largest absolute Gasteiger partial charge is 0.457 e. The molecule has 11 aromatic rings. The molecule has 0 amide bonds. The van der Waals surface area contributed by atoms with Gasteiger partial charge in [0.15, 0.2) is 0 Å². The van der Waals surface area contributed by atoms with Gasteiger partial charge < -0.3 is 18.8 Å². The topological polar surface area (TPSA) is 34.8 Å². The SMILES string of the molecule is c1ccc2c(c1)Oc1ccccc1C21c2ccccc2-c2cc(N(c3ccc4c(c3)-c3ccccc3C43c4ccccc4Oc4ccccc43)c3cccc4oc5ccccc5c34)ccc21. The Balaban J connectivity index is 1.01. The fourth-order valence-electron chi connectivity index (χ4n) is 12.3. The Labute approximate surface area is 381 Å². The molecule has 4 aliphatic rings. The first kappa shape index (κ1) is 35.8. The average Bonchev–Trinajstić information content (AvgIpc) is 4.00. The number of hydrogen-bond acceptors (Lipinski definition) is 4. The highest BCUT2D eigenvalue weighted by Gasteiger charge is 2.53. The van der Waals surface area contributed by atoms with Crippen LogP contribution in [0.25, 0.3) is 44.2 Å². The van der Waals surface area contributed by atoms with Gasteiger partial charge in [-0.25, -0.2) is 0 Å².